The van der Waals surface area contributed by atoms with E-state index in [1.54, 1.807) is 12.3 Å². The van der Waals surface area contributed by atoms with Gasteiger partial charge in [0.2, 0.25) is 0 Å². The van der Waals surface area contributed by atoms with Crippen LogP contribution in [0.3, 0.4) is 0 Å². The molecule has 32 heavy (non-hydrogen) atoms. The molecule has 1 unspecified atom stereocenters. The Hall–Kier alpha value is -3.25. The van der Waals surface area contributed by atoms with Crippen molar-refractivity contribution in [3.05, 3.63) is 83.3 Å². The number of carbonyl (C=O) groups excluding carboxylic acids is 1. The van der Waals surface area contributed by atoms with Crippen molar-refractivity contribution in [2.75, 3.05) is 32.1 Å². The average molecular weight is 434 g/mol. The topological polar surface area (TPSA) is 58.0 Å². The molecular formula is C26H31N3O3. The van der Waals surface area contributed by atoms with Crippen molar-refractivity contribution in [1.29, 1.82) is 0 Å². The van der Waals surface area contributed by atoms with Crippen LogP contribution in [-0.2, 0) is 19.5 Å². The standard InChI is InChI=1S/C26H31N3O3/c1-19-16-21-6-4-5-7-24(21)29(19)18-25-23(12-14-32-25)26(30)27-17-20-8-10-22(11-9-20)31-15-13-28(2)3/h4-12,14,19H,13,15-18H2,1-3H3,(H,27,30). The van der Waals surface area contributed by atoms with Crippen LogP contribution < -0.4 is 15.0 Å². The van der Waals surface area contributed by atoms with Crippen LogP contribution in [0.2, 0.25) is 0 Å². The average Bonchev–Trinajstić information content (AvgIpc) is 3.37. The Kier molecular flexibility index (Phi) is 6.81. The van der Waals surface area contributed by atoms with E-state index >= 15 is 0 Å². The Morgan fingerprint density at radius 2 is 1.94 bits per heavy atom. The van der Waals surface area contributed by atoms with Gasteiger partial charge in [0.05, 0.1) is 18.4 Å². The predicted octanol–water partition coefficient (Wildman–Crippen LogP) is 4.10. The van der Waals surface area contributed by atoms with Gasteiger partial charge in [-0.05, 0) is 62.8 Å². The third kappa shape index (κ3) is 5.14. The zero-order valence-electron chi connectivity index (χ0n) is 19.0. The van der Waals surface area contributed by atoms with Gasteiger partial charge >= 0.3 is 0 Å². The molecule has 6 heteroatoms. The summed E-state index contributed by atoms with van der Waals surface area (Å²) in [6.45, 7) is 4.74. The van der Waals surface area contributed by atoms with Crippen LogP contribution in [-0.4, -0.2) is 44.1 Å². The molecule has 0 spiro atoms. The first kappa shape index (κ1) is 22.0. The normalized spacial score (nSPS) is 15.1. The lowest BCUT2D eigenvalue weighted by atomic mass is 10.1. The molecule has 4 rings (SSSR count). The van der Waals surface area contributed by atoms with Crippen molar-refractivity contribution in [2.45, 2.75) is 32.5 Å². The Bertz CT molecular complexity index is 1040. The number of ether oxygens (including phenoxy) is 1. The number of benzene rings is 2. The molecule has 1 aromatic heterocycles. The number of fused-ring (bicyclic) bond motifs is 1. The van der Waals surface area contributed by atoms with Gasteiger partial charge in [0, 0.05) is 24.8 Å². The van der Waals surface area contributed by atoms with E-state index < -0.39 is 0 Å². The van der Waals surface area contributed by atoms with Gasteiger partial charge in [0.1, 0.15) is 18.1 Å². The number of hydrogen-bond acceptors (Lipinski definition) is 5. The van der Waals surface area contributed by atoms with E-state index in [4.69, 9.17) is 9.15 Å². The molecular weight excluding hydrogens is 402 g/mol. The molecule has 0 fully saturated rings. The van der Waals surface area contributed by atoms with E-state index in [1.165, 1.54) is 11.3 Å². The van der Waals surface area contributed by atoms with E-state index in [1.807, 2.05) is 38.4 Å². The predicted molar refractivity (Wildman–Crippen MR) is 126 cm³/mol. The van der Waals surface area contributed by atoms with Gasteiger partial charge in [0.15, 0.2) is 0 Å². The van der Waals surface area contributed by atoms with Crippen LogP contribution >= 0.6 is 0 Å². The summed E-state index contributed by atoms with van der Waals surface area (Å²) < 4.78 is 11.4. The molecule has 0 bridgehead atoms. The first-order valence-electron chi connectivity index (χ1n) is 11.1. The van der Waals surface area contributed by atoms with Crippen molar-refractivity contribution in [2.24, 2.45) is 0 Å². The summed E-state index contributed by atoms with van der Waals surface area (Å²) >= 11 is 0. The maximum absolute atomic E-state index is 12.9. The maximum Gasteiger partial charge on any atom is 0.255 e. The van der Waals surface area contributed by atoms with Crippen molar-refractivity contribution in [3.63, 3.8) is 0 Å². The minimum atomic E-state index is -0.125. The Morgan fingerprint density at radius 3 is 2.72 bits per heavy atom. The summed E-state index contributed by atoms with van der Waals surface area (Å²) in [7, 11) is 4.04. The van der Waals surface area contributed by atoms with Crippen molar-refractivity contribution in [3.8, 4) is 5.75 Å². The lowest BCUT2D eigenvalue weighted by Crippen LogP contribution is -2.30. The lowest BCUT2D eigenvalue weighted by Gasteiger charge is -2.24. The number of anilines is 1. The summed E-state index contributed by atoms with van der Waals surface area (Å²) in [6.07, 6.45) is 2.60. The van der Waals surface area contributed by atoms with Gasteiger partial charge in [-0.3, -0.25) is 4.79 Å². The highest BCUT2D eigenvalue weighted by Crippen LogP contribution is 2.33. The fourth-order valence-electron chi connectivity index (χ4n) is 4.02. The van der Waals surface area contributed by atoms with Crippen LogP contribution in [0.5, 0.6) is 5.75 Å². The summed E-state index contributed by atoms with van der Waals surface area (Å²) in [4.78, 5) is 17.2. The molecule has 0 aliphatic carbocycles. The number of para-hydroxylation sites is 1. The number of amides is 1. The molecule has 0 saturated carbocycles. The van der Waals surface area contributed by atoms with Crippen molar-refractivity contribution in [1.82, 2.24) is 10.2 Å². The second-order valence-corrected chi connectivity index (χ2v) is 8.55. The fourth-order valence-corrected chi connectivity index (χ4v) is 4.02. The van der Waals surface area contributed by atoms with E-state index in [-0.39, 0.29) is 5.91 Å². The molecule has 2 aromatic carbocycles. The first-order valence-corrected chi connectivity index (χ1v) is 11.1. The minimum Gasteiger partial charge on any atom is -0.492 e. The van der Waals surface area contributed by atoms with Crippen LogP contribution in [0.1, 0.15) is 34.2 Å². The first-order chi connectivity index (χ1) is 15.5. The zero-order valence-corrected chi connectivity index (χ0v) is 19.0. The molecule has 2 heterocycles. The Labute approximate surface area is 189 Å². The molecule has 1 aliphatic heterocycles. The molecule has 0 saturated heterocycles. The summed E-state index contributed by atoms with van der Waals surface area (Å²) in [5, 5.41) is 3.01. The van der Waals surface area contributed by atoms with Gasteiger partial charge in [0.25, 0.3) is 5.91 Å². The molecule has 1 aliphatic rings. The number of nitrogens with one attached hydrogen (secondary N) is 1. The van der Waals surface area contributed by atoms with Crippen LogP contribution in [0.25, 0.3) is 0 Å². The van der Waals surface area contributed by atoms with E-state index in [9.17, 15) is 4.79 Å². The molecule has 3 aromatic rings. The lowest BCUT2D eigenvalue weighted by molar-refractivity contribution is 0.0949. The monoisotopic (exact) mass is 433 g/mol. The SMILES string of the molecule is CC1Cc2ccccc2N1Cc1occc1C(=O)NCc1ccc(OCCN(C)C)cc1. The Morgan fingerprint density at radius 1 is 1.16 bits per heavy atom. The number of nitrogens with zero attached hydrogens (tertiary/aromatic N) is 2. The summed E-state index contributed by atoms with van der Waals surface area (Å²) in [5.41, 5.74) is 4.16. The van der Waals surface area contributed by atoms with Crippen molar-refractivity contribution < 1.29 is 13.9 Å². The van der Waals surface area contributed by atoms with Gasteiger partial charge in [-0.15, -0.1) is 0 Å². The number of hydrogen-bond donors (Lipinski definition) is 1. The second kappa shape index (κ2) is 9.92. The van der Waals surface area contributed by atoms with Gasteiger partial charge in [-0.2, -0.15) is 0 Å². The van der Waals surface area contributed by atoms with Crippen molar-refractivity contribution >= 4 is 11.6 Å². The van der Waals surface area contributed by atoms with Gasteiger partial charge < -0.3 is 24.3 Å². The third-order valence-corrected chi connectivity index (χ3v) is 5.84. The van der Waals surface area contributed by atoms with E-state index in [0.717, 1.165) is 24.3 Å². The number of furan rings is 1. The Balaban J connectivity index is 1.34. The van der Waals surface area contributed by atoms with Crippen LogP contribution in [0.15, 0.2) is 65.3 Å². The maximum atomic E-state index is 12.9. The molecule has 6 nitrogen and oxygen atoms in total. The number of rotatable bonds is 9. The highest BCUT2D eigenvalue weighted by Gasteiger charge is 2.27. The van der Waals surface area contributed by atoms with Crippen LogP contribution in [0, 0.1) is 0 Å². The van der Waals surface area contributed by atoms with Gasteiger partial charge in [-0.1, -0.05) is 30.3 Å². The van der Waals surface area contributed by atoms with Crippen LogP contribution in [0.4, 0.5) is 5.69 Å². The summed E-state index contributed by atoms with van der Waals surface area (Å²) in [5.74, 6) is 1.40. The van der Waals surface area contributed by atoms with E-state index in [0.29, 0.717) is 37.1 Å². The fraction of sp³-hybridized carbons (Fsp3) is 0.346. The number of carbonyl (C=O) groups is 1. The molecule has 1 atom stereocenters. The molecule has 1 N–H and O–H groups in total. The number of likely N-dealkylation sites (N-methyl/N-ethyl adjacent to an activating group) is 1. The molecule has 1 amide bonds. The minimum absolute atomic E-state index is 0.125. The quantitative estimate of drug-likeness (QED) is 0.551. The second-order valence-electron chi connectivity index (χ2n) is 8.55. The zero-order chi connectivity index (χ0) is 22.5. The summed E-state index contributed by atoms with van der Waals surface area (Å²) in [6, 6.07) is 18.4. The third-order valence-electron chi connectivity index (χ3n) is 5.84. The highest BCUT2D eigenvalue weighted by atomic mass is 16.5. The van der Waals surface area contributed by atoms with Gasteiger partial charge in [-0.25, -0.2) is 0 Å². The largest absolute Gasteiger partial charge is 0.492 e. The highest BCUT2D eigenvalue weighted by molar-refractivity contribution is 5.95. The van der Waals surface area contributed by atoms with E-state index in [2.05, 4.69) is 46.3 Å². The molecule has 168 valence electrons. The molecule has 0 radical (unpaired) electrons. The smallest absolute Gasteiger partial charge is 0.255 e.